The standard InChI is InChI=1S/C21H23N5O/c1-4-14-8-9-19(27)16(12-14)20-23-24-21(22)26(20)18-7-5-6-17-15(18)10-11-25(17)13(2)3/h5-13,27H,4H2,1-3H3,(H2,22,24). The first-order valence-electron chi connectivity index (χ1n) is 9.14. The number of aromatic hydroxyl groups is 1. The molecule has 2 aromatic heterocycles. The summed E-state index contributed by atoms with van der Waals surface area (Å²) in [7, 11) is 0. The number of phenols is 1. The van der Waals surface area contributed by atoms with Crippen molar-refractivity contribution in [3.63, 3.8) is 0 Å². The second kappa shape index (κ2) is 6.46. The van der Waals surface area contributed by atoms with Crippen molar-refractivity contribution in [2.45, 2.75) is 33.2 Å². The molecule has 0 aliphatic heterocycles. The second-order valence-electron chi connectivity index (χ2n) is 6.95. The van der Waals surface area contributed by atoms with Crippen molar-refractivity contribution >= 4 is 16.9 Å². The van der Waals surface area contributed by atoms with E-state index in [-0.39, 0.29) is 11.7 Å². The molecule has 6 nitrogen and oxygen atoms in total. The minimum Gasteiger partial charge on any atom is -0.507 e. The highest BCUT2D eigenvalue weighted by atomic mass is 16.3. The van der Waals surface area contributed by atoms with Gasteiger partial charge in [-0.1, -0.05) is 19.1 Å². The molecule has 138 valence electrons. The summed E-state index contributed by atoms with van der Waals surface area (Å²) in [5.74, 6) is 0.981. The number of hydrogen-bond acceptors (Lipinski definition) is 4. The van der Waals surface area contributed by atoms with Crippen molar-refractivity contribution in [3.05, 3.63) is 54.2 Å². The van der Waals surface area contributed by atoms with Crippen LogP contribution in [0, 0.1) is 0 Å². The Kier molecular flexibility index (Phi) is 4.11. The van der Waals surface area contributed by atoms with E-state index in [4.69, 9.17) is 5.73 Å². The largest absolute Gasteiger partial charge is 0.507 e. The summed E-state index contributed by atoms with van der Waals surface area (Å²) in [6.45, 7) is 6.38. The molecule has 6 heteroatoms. The summed E-state index contributed by atoms with van der Waals surface area (Å²) < 4.78 is 4.02. The lowest BCUT2D eigenvalue weighted by atomic mass is 10.1. The topological polar surface area (TPSA) is 81.9 Å². The number of nitrogens with zero attached hydrogens (tertiary/aromatic N) is 4. The molecule has 27 heavy (non-hydrogen) atoms. The first-order chi connectivity index (χ1) is 13.0. The van der Waals surface area contributed by atoms with Gasteiger partial charge in [-0.2, -0.15) is 0 Å². The van der Waals surface area contributed by atoms with Gasteiger partial charge in [0.05, 0.1) is 16.8 Å². The van der Waals surface area contributed by atoms with Crippen LogP contribution < -0.4 is 5.73 Å². The number of fused-ring (bicyclic) bond motifs is 1. The molecule has 0 spiro atoms. The Morgan fingerprint density at radius 1 is 1.11 bits per heavy atom. The number of phenolic OH excluding ortho intramolecular Hbond substituents is 1. The molecule has 0 aliphatic rings. The molecule has 0 fully saturated rings. The second-order valence-corrected chi connectivity index (χ2v) is 6.95. The molecule has 2 aromatic carbocycles. The predicted molar refractivity (Wildman–Crippen MR) is 108 cm³/mol. The lowest BCUT2D eigenvalue weighted by Gasteiger charge is -2.13. The van der Waals surface area contributed by atoms with E-state index in [2.05, 4.69) is 53.9 Å². The zero-order valence-electron chi connectivity index (χ0n) is 15.7. The number of hydrogen-bond donors (Lipinski definition) is 2. The van der Waals surface area contributed by atoms with E-state index in [1.807, 2.05) is 28.8 Å². The van der Waals surface area contributed by atoms with Gasteiger partial charge in [0.25, 0.3) is 0 Å². The fourth-order valence-electron chi connectivity index (χ4n) is 3.51. The number of aromatic nitrogens is 4. The highest BCUT2D eigenvalue weighted by Crippen LogP contribution is 2.34. The summed E-state index contributed by atoms with van der Waals surface area (Å²) in [4.78, 5) is 0. The summed E-state index contributed by atoms with van der Waals surface area (Å²) in [6, 6.07) is 14.1. The normalized spacial score (nSPS) is 11.6. The number of nitrogens with two attached hydrogens (primary N) is 1. The maximum absolute atomic E-state index is 10.4. The summed E-state index contributed by atoms with van der Waals surface area (Å²) in [5, 5.41) is 19.8. The smallest absolute Gasteiger partial charge is 0.226 e. The van der Waals surface area contributed by atoms with E-state index in [0.29, 0.717) is 17.4 Å². The molecule has 0 bridgehead atoms. The van der Waals surface area contributed by atoms with Crippen LogP contribution >= 0.6 is 0 Å². The lowest BCUT2D eigenvalue weighted by molar-refractivity contribution is 0.476. The van der Waals surface area contributed by atoms with Crippen molar-refractivity contribution in [2.24, 2.45) is 0 Å². The molecule has 3 N–H and O–H groups in total. The average molecular weight is 361 g/mol. The summed E-state index contributed by atoms with van der Waals surface area (Å²) >= 11 is 0. The molecular formula is C21H23N5O. The van der Waals surface area contributed by atoms with Crippen LogP contribution in [0.15, 0.2) is 48.7 Å². The molecular weight excluding hydrogens is 338 g/mol. The van der Waals surface area contributed by atoms with Gasteiger partial charge in [0, 0.05) is 17.6 Å². The fraction of sp³-hybridized carbons (Fsp3) is 0.238. The lowest BCUT2D eigenvalue weighted by Crippen LogP contribution is -2.04. The van der Waals surface area contributed by atoms with E-state index < -0.39 is 0 Å². The van der Waals surface area contributed by atoms with Crippen LogP contribution in [-0.4, -0.2) is 24.4 Å². The molecule has 0 atom stereocenters. The zero-order chi connectivity index (χ0) is 19.1. The Labute approximate surface area is 157 Å². The van der Waals surface area contributed by atoms with Crippen molar-refractivity contribution in [1.82, 2.24) is 19.3 Å². The van der Waals surface area contributed by atoms with Crippen LogP contribution in [0.3, 0.4) is 0 Å². The number of nitrogen functional groups attached to an aromatic ring is 1. The first kappa shape index (κ1) is 17.1. The molecule has 0 radical (unpaired) electrons. The van der Waals surface area contributed by atoms with Gasteiger partial charge in [0.15, 0.2) is 5.82 Å². The van der Waals surface area contributed by atoms with E-state index >= 15 is 0 Å². The van der Waals surface area contributed by atoms with Crippen molar-refractivity contribution in [1.29, 1.82) is 0 Å². The van der Waals surface area contributed by atoms with E-state index in [1.54, 1.807) is 6.07 Å². The third kappa shape index (κ3) is 2.73. The third-order valence-electron chi connectivity index (χ3n) is 4.94. The number of rotatable bonds is 4. The van der Waals surface area contributed by atoms with Crippen LogP contribution in [0.2, 0.25) is 0 Å². The Bertz CT molecular complexity index is 1120. The predicted octanol–water partition coefficient (Wildman–Crippen LogP) is 4.32. The number of aryl methyl sites for hydroxylation is 1. The minimum absolute atomic E-state index is 0.160. The van der Waals surface area contributed by atoms with E-state index in [0.717, 1.165) is 28.6 Å². The van der Waals surface area contributed by atoms with Gasteiger partial charge in [-0.3, -0.25) is 4.57 Å². The molecule has 0 amide bonds. The van der Waals surface area contributed by atoms with E-state index in [9.17, 15) is 5.11 Å². The summed E-state index contributed by atoms with van der Waals surface area (Å²) in [5.41, 5.74) is 9.94. The molecule has 2 heterocycles. The third-order valence-corrected chi connectivity index (χ3v) is 4.94. The van der Waals surface area contributed by atoms with Crippen LogP contribution in [0.25, 0.3) is 28.0 Å². The van der Waals surface area contributed by atoms with Crippen LogP contribution in [0.1, 0.15) is 32.4 Å². The van der Waals surface area contributed by atoms with Gasteiger partial charge < -0.3 is 15.4 Å². The Morgan fingerprint density at radius 2 is 1.93 bits per heavy atom. The van der Waals surface area contributed by atoms with Crippen molar-refractivity contribution < 1.29 is 5.11 Å². The Balaban J connectivity index is 1.98. The Hall–Kier alpha value is -3.28. The molecule has 0 unspecified atom stereocenters. The highest BCUT2D eigenvalue weighted by Gasteiger charge is 2.19. The fourth-order valence-corrected chi connectivity index (χ4v) is 3.51. The molecule has 4 aromatic rings. The van der Waals surface area contributed by atoms with E-state index in [1.165, 1.54) is 0 Å². The minimum atomic E-state index is 0.160. The summed E-state index contributed by atoms with van der Waals surface area (Å²) in [6.07, 6.45) is 2.94. The zero-order valence-corrected chi connectivity index (χ0v) is 15.7. The van der Waals surface area contributed by atoms with Crippen molar-refractivity contribution in [2.75, 3.05) is 5.73 Å². The van der Waals surface area contributed by atoms with Gasteiger partial charge >= 0.3 is 0 Å². The van der Waals surface area contributed by atoms with Crippen molar-refractivity contribution in [3.8, 4) is 22.8 Å². The number of anilines is 1. The van der Waals surface area contributed by atoms with Crippen LogP contribution in [0.5, 0.6) is 5.75 Å². The average Bonchev–Trinajstić information content (AvgIpc) is 3.26. The highest BCUT2D eigenvalue weighted by molar-refractivity contribution is 5.90. The van der Waals surface area contributed by atoms with Gasteiger partial charge in [0.1, 0.15) is 5.75 Å². The molecule has 4 rings (SSSR count). The maximum Gasteiger partial charge on any atom is 0.226 e. The van der Waals surface area contributed by atoms with Gasteiger partial charge in [0.2, 0.25) is 5.95 Å². The van der Waals surface area contributed by atoms with Gasteiger partial charge in [-0.25, -0.2) is 0 Å². The monoisotopic (exact) mass is 361 g/mol. The van der Waals surface area contributed by atoms with Gasteiger partial charge in [-0.05, 0) is 56.2 Å². The van der Waals surface area contributed by atoms with Crippen LogP contribution in [0.4, 0.5) is 5.95 Å². The SMILES string of the molecule is CCc1ccc(O)c(-c2nnc(N)n2-c2cccc3c2ccn3C(C)C)c1. The van der Waals surface area contributed by atoms with Crippen LogP contribution in [-0.2, 0) is 6.42 Å². The number of benzene rings is 2. The molecule has 0 saturated carbocycles. The molecule has 0 aliphatic carbocycles. The quantitative estimate of drug-likeness (QED) is 0.567. The first-order valence-corrected chi connectivity index (χ1v) is 9.14. The van der Waals surface area contributed by atoms with Gasteiger partial charge in [-0.15, -0.1) is 10.2 Å². The Morgan fingerprint density at radius 3 is 2.67 bits per heavy atom. The maximum atomic E-state index is 10.4. The molecule has 0 saturated heterocycles.